The number of aliphatic hydroxyl groups is 1. The van der Waals surface area contributed by atoms with Crippen LogP contribution in [0.5, 0.6) is 11.5 Å². The Balaban J connectivity index is 0.000000179. The molecule has 1 spiro atoms. The van der Waals surface area contributed by atoms with Crippen LogP contribution in [-0.4, -0.2) is 54.7 Å². The van der Waals surface area contributed by atoms with Crippen LogP contribution in [0.1, 0.15) is 65.9 Å². The van der Waals surface area contributed by atoms with Crippen molar-refractivity contribution >= 4 is 28.5 Å². The fraction of sp³-hybridized carbons (Fsp3) is 0.422. The molecule has 2 saturated carbocycles. The molecule has 9 rings (SSSR count). The van der Waals surface area contributed by atoms with Crippen molar-refractivity contribution in [2.24, 2.45) is 27.6 Å². The van der Waals surface area contributed by atoms with E-state index in [0.717, 1.165) is 11.1 Å². The van der Waals surface area contributed by atoms with Gasteiger partial charge in [-0.05, 0) is 87.1 Å². The lowest BCUT2D eigenvalue weighted by molar-refractivity contribution is -0.200. The summed E-state index contributed by atoms with van der Waals surface area (Å²) < 4.78 is 34.1. The summed E-state index contributed by atoms with van der Waals surface area (Å²) in [5.74, 6) is 0.0198. The first-order valence-electron chi connectivity index (χ1n) is 18.8. The summed E-state index contributed by atoms with van der Waals surface area (Å²) in [5.41, 5.74) is -1.86. The van der Waals surface area contributed by atoms with Crippen LogP contribution in [0.25, 0.3) is 22.3 Å². The summed E-state index contributed by atoms with van der Waals surface area (Å²) >= 11 is 0. The monoisotopic (exact) mass is 762 g/mol. The maximum atomic E-state index is 14.3. The lowest BCUT2D eigenvalue weighted by Gasteiger charge is -2.64. The van der Waals surface area contributed by atoms with Crippen LogP contribution >= 0.6 is 0 Å². The van der Waals surface area contributed by atoms with Crippen molar-refractivity contribution in [2.45, 2.75) is 78.1 Å². The van der Waals surface area contributed by atoms with Crippen molar-refractivity contribution in [3.05, 3.63) is 106 Å². The third-order valence-corrected chi connectivity index (χ3v) is 13.7. The van der Waals surface area contributed by atoms with Crippen molar-refractivity contribution < 1.29 is 47.3 Å². The van der Waals surface area contributed by atoms with Crippen molar-refractivity contribution in [1.29, 1.82) is 0 Å². The number of furan rings is 1. The molecule has 11 heteroatoms. The third kappa shape index (κ3) is 4.98. The lowest BCUT2D eigenvalue weighted by atomic mass is 9.38. The number of Topliss-reactive ketones (excluding diaryl/α,β-unsaturated/α-hetero) is 1. The maximum absolute atomic E-state index is 14.3. The predicted molar refractivity (Wildman–Crippen MR) is 205 cm³/mol. The van der Waals surface area contributed by atoms with E-state index in [0.29, 0.717) is 46.6 Å². The molecule has 5 aliphatic rings. The van der Waals surface area contributed by atoms with Crippen molar-refractivity contribution in [1.82, 2.24) is 0 Å². The summed E-state index contributed by atoms with van der Waals surface area (Å²) in [6.07, 6.45) is 7.17. The van der Waals surface area contributed by atoms with Crippen LogP contribution in [0.3, 0.4) is 0 Å². The molecular weight excluding hydrogens is 716 g/mol. The Morgan fingerprint density at radius 2 is 1.66 bits per heavy atom. The average Bonchev–Trinajstić information content (AvgIpc) is 3.53. The highest BCUT2D eigenvalue weighted by Gasteiger charge is 2.89. The highest BCUT2D eigenvalue weighted by Crippen LogP contribution is 2.81. The number of carbonyl (C=O) groups is 3. The van der Waals surface area contributed by atoms with E-state index in [4.69, 9.17) is 27.8 Å². The Kier molecular flexibility index (Phi) is 8.40. The minimum absolute atomic E-state index is 0.0453. The first kappa shape index (κ1) is 37.5. The van der Waals surface area contributed by atoms with Gasteiger partial charge in [-0.1, -0.05) is 32.1 Å². The fourth-order valence-electron chi connectivity index (χ4n) is 11.4. The highest BCUT2D eigenvalue weighted by molar-refractivity contribution is 6.06. The van der Waals surface area contributed by atoms with E-state index >= 15 is 0 Å². The lowest BCUT2D eigenvalue weighted by Crippen LogP contribution is -2.70. The van der Waals surface area contributed by atoms with Gasteiger partial charge in [-0.3, -0.25) is 19.2 Å². The molecule has 4 aliphatic carbocycles. The van der Waals surface area contributed by atoms with Gasteiger partial charge in [0, 0.05) is 41.4 Å². The molecule has 2 aromatic carbocycles. The van der Waals surface area contributed by atoms with E-state index in [1.807, 2.05) is 44.2 Å². The van der Waals surface area contributed by atoms with E-state index in [1.165, 1.54) is 13.0 Å². The number of fused-ring (bicyclic) bond motifs is 4. The second kappa shape index (κ2) is 12.5. The Morgan fingerprint density at radius 1 is 0.929 bits per heavy atom. The number of methoxy groups -OCH3 is 2. The van der Waals surface area contributed by atoms with Gasteiger partial charge in [0.15, 0.2) is 17.0 Å². The number of allylic oxidation sites excluding steroid dienone is 4. The zero-order chi connectivity index (χ0) is 40.2. The molecule has 0 amide bonds. The van der Waals surface area contributed by atoms with Gasteiger partial charge in [0.25, 0.3) is 0 Å². The summed E-state index contributed by atoms with van der Waals surface area (Å²) in [4.78, 5) is 51.8. The van der Waals surface area contributed by atoms with E-state index in [9.17, 15) is 24.3 Å². The summed E-state index contributed by atoms with van der Waals surface area (Å²) in [5, 5.41) is 12.0. The number of esters is 1. The summed E-state index contributed by atoms with van der Waals surface area (Å²) in [6, 6.07) is 16.0. The average molecular weight is 763 g/mol. The number of hydrogen-bond acceptors (Lipinski definition) is 11. The number of hydrogen-bond donors (Lipinski definition) is 1. The standard InChI is InChI=1S/C28H32O7.C17H14O4/c1-14(29)34-17-12-26(5)16(15-8-10-33-13-15)11-19-28(26,35-19)27(6)21(17)25(4)9-7-18(30)24(2,3)22(25)20(31)23(27)32;1-19-12-5-3-4-11(8-12)16-10-15(18)14-7-6-13(20-2)9-17(14)21-16/h7-10,13,16-17,19,21,31H,11-12H2,1-6H3;3-10H,1-2H3. The van der Waals surface area contributed by atoms with Gasteiger partial charge in [0.1, 0.15) is 34.5 Å². The first-order valence-corrected chi connectivity index (χ1v) is 18.8. The van der Waals surface area contributed by atoms with E-state index in [1.54, 1.807) is 70.9 Å². The molecule has 11 nitrogen and oxygen atoms in total. The molecule has 0 radical (unpaired) electrons. The second-order valence-electron chi connectivity index (χ2n) is 16.9. The van der Waals surface area contributed by atoms with Gasteiger partial charge < -0.3 is 32.9 Å². The molecule has 3 heterocycles. The van der Waals surface area contributed by atoms with Gasteiger partial charge in [-0.25, -0.2) is 0 Å². The Morgan fingerprint density at radius 3 is 2.34 bits per heavy atom. The van der Waals surface area contributed by atoms with Gasteiger partial charge in [0.2, 0.25) is 5.78 Å². The number of carbonyl (C=O) groups excluding carboxylic acids is 3. The predicted octanol–water partition coefficient (Wildman–Crippen LogP) is 7.91. The molecule has 1 saturated heterocycles. The summed E-state index contributed by atoms with van der Waals surface area (Å²) in [7, 11) is 3.17. The topological polar surface area (TPSA) is 155 Å². The molecule has 1 aliphatic heterocycles. The number of benzene rings is 2. The largest absolute Gasteiger partial charge is 0.504 e. The van der Waals surface area contributed by atoms with E-state index in [2.05, 4.69) is 6.92 Å². The molecular formula is C45H46O11. The smallest absolute Gasteiger partial charge is 0.302 e. The van der Waals surface area contributed by atoms with Crippen molar-refractivity contribution in [3.8, 4) is 22.8 Å². The molecule has 292 valence electrons. The molecule has 1 N–H and O–H groups in total. The Labute approximate surface area is 324 Å². The van der Waals surface area contributed by atoms with E-state index in [-0.39, 0.29) is 29.0 Å². The van der Waals surface area contributed by atoms with Crippen LogP contribution < -0.4 is 14.9 Å². The number of epoxide rings is 1. The molecule has 0 bridgehead atoms. The normalized spacial score (nSPS) is 33.4. The van der Waals surface area contributed by atoms with Gasteiger partial charge in [-0.15, -0.1) is 0 Å². The molecule has 4 aromatic rings. The van der Waals surface area contributed by atoms with Crippen LogP contribution in [-0.2, 0) is 23.9 Å². The number of ether oxygens (including phenoxy) is 4. The fourth-order valence-corrected chi connectivity index (χ4v) is 11.4. The van der Waals surface area contributed by atoms with Gasteiger partial charge >= 0.3 is 5.97 Å². The highest BCUT2D eigenvalue weighted by atomic mass is 16.6. The minimum Gasteiger partial charge on any atom is -0.504 e. The number of ketones is 2. The zero-order valence-corrected chi connectivity index (χ0v) is 32.8. The van der Waals surface area contributed by atoms with Crippen LogP contribution in [0.15, 0.2) is 104 Å². The minimum atomic E-state index is -1.17. The van der Waals surface area contributed by atoms with Crippen molar-refractivity contribution in [3.63, 3.8) is 0 Å². The zero-order valence-electron chi connectivity index (χ0n) is 32.8. The Bertz CT molecular complexity index is 2420. The molecule has 56 heavy (non-hydrogen) atoms. The van der Waals surface area contributed by atoms with Gasteiger partial charge in [0.05, 0.1) is 49.1 Å². The van der Waals surface area contributed by atoms with E-state index < -0.39 is 51.0 Å². The third-order valence-electron chi connectivity index (χ3n) is 13.7. The molecule has 8 unspecified atom stereocenters. The number of aliphatic hydroxyl groups excluding tert-OH is 1. The quantitative estimate of drug-likeness (QED) is 0.156. The van der Waals surface area contributed by atoms with Crippen LogP contribution in [0.2, 0.25) is 0 Å². The van der Waals surface area contributed by atoms with Crippen molar-refractivity contribution in [2.75, 3.05) is 14.2 Å². The first-order chi connectivity index (χ1) is 26.5. The molecule has 8 atom stereocenters. The van der Waals surface area contributed by atoms with Gasteiger partial charge in [-0.2, -0.15) is 0 Å². The Hall–Kier alpha value is -5.42. The van der Waals surface area contributed by atoms with Crippen LogP contribution in [0, 0.1) is 27.6 Å². The maximum Gasteiger partial charge on any atom is 0.302 e. The molecule has 2 aromatic heterocycles. The second-order valence-corrected chi connectivity index (χ2v) is 16.9. The number of rotatable bonds is 5. The molecule has 3 fully saturated rings. The SMILES string of the molecule is CC(=O)OC1CC2(C)C(c3ccoc3)CC3OC32C2(C)C(=O)C(O)=C3C(C)(C)C(=O)C=CC3(C)C12.COc1cccc(-c2cc(=O)c3ccc(OC)cc3o2)c1. The summed E-state index contributed by atoms with van der Waals surface area (Å²) in [6.45, 7) is 10.8. The van der Waals surface area contributed by atoms with Crippen LogP contribution in [0.4, 0.5) is 0 Å².